The highest BCUT2D eigenvalue weighted by Gasteiger charge is 2.11. The van der Waals surface area contributed by atoms with Gasteiger partial charge in [-0.05, 0) is 11.6 Å². The molecule has 1 heterocycles. The van der Waals surface area contributed by atoms with Crippen molar-refractivity contribution >= 4 is 15.9 Å². The molecule has 0 saturated heterocycles. The lowest BCUT2D eigenvalue weighted by atomic mass is 10.0. The van der Waals surface area contributed by atoms with Crippen LogP contribution < -0.4 is 5.73 Å². The standard InChI is InChI=1S/C11H13BrN4/c1-16-7-8(14-15-16)6-11(13)9-4-2-3-5-10(9)12/h2-5,7,11H,6,13H2,1H3. The fourth-order valence-electron chi connectivity index (χ4n) is 1.60. The molecule has 0 amide bonds. The Hall–Kier alpha value is -1.20. The summed E-state index contributed by atoms with van der Waals surface area (Å²) in [6.07, 6.45) is 2.58. The topological polar surface area (TPSA) is 56.7 Å². The van der Waals surface area contributed by atoms with E-state index in [1.807, 2.05) is 37.5 Å². The summed E-state index contributed by atoms with van der Waals surface area (Å²) in [7, 11) is 1.85. The Bertz CT molecular complexity index is 480. The molecule has 0 saturated carbocycles. The fraction of sp³-hybridized carbons (Fsp3) is 0.273. The van der Waals surface area contributed by atoms with Gasteiger partial charge in [-0.1, -0.05) is 39.3 Å². The van der Waals surface area contributed by atoms with Gasteiger partial charge in [0.05, 0.1) is 5.69 Å². The summed E-state index contributed by atoms with van der Waals surface area (Å²) in [5, 5.41) is 7.91. The van der Waals surface area contributed by atoms with Crippen LogP contribution in [-0.4, -0.2) is 15.0 Å². The summed E-state index contributed by atoms with van der Waals surface area (Å²) in [5.41, 5.74) is 8.13. The summed E-state index contributed by atoms with van der Waals surface area (Å²) in [4.78, 5) is 0. The van der Waals surface area contributed by atoms with Crippen molar-refractivity contribution < 1.29 is 0 Å². The highest BCUT2D eigenvalue weighted by molar-refractivity contribution is 9.10. The number of aryl methyl sites for hydroxylation is 1. The molecule has 2 rings (SSSR count). The van der Waals surface area contributed by atoms with Gasteiger partial charge in [0.15, 0.2) is 0 Å². The summed E-state index contributed by atoms with van der Waals surface area (Å²) in [6.45, 7) is 0. The molecule has 2 N–H and O–H groups in total. The van der Waals surface area contributed by atoms with Crippen LogP contribution in [0.3, 0.4) is 0 Å². The smallest absolute Gasteiger partial charge is 0.0845 e. The van der Waals surface area contributed by atoms with Gasteiger partial charge in [-0.3, -0.25) is 4.68 Å². The number of hydrogen-bond donors (Lipinski definition) is 1. The van der Waals surface area contributed by atoms with Gasteiger partial charge in [0, 0.05) is 30.2 Å². The normalized spacial score (nSPS) is 12.7. The summed E-state index contributed by atoms with van der Waals surface area (Å²) in [6, 6.07) is 7.91. The minimum absolute atomic E-state index is 0.0627. The first kappa shape index (κ1) is 11.3. The number of hydrogen-bond acceptors (Lipinski definition) is 3. The molecule has 84 valence electrons. The quantitative estimate of drug-likeness (QED) is 0.933. The number of aromatic nitrogens is 3. The number of nitrogens with two attached hydrogens (primary N) is 1. The van der Waals surface area contributed by atoms with E-state index in [9.17, 15) is 0 Å². The van der Waals surface area contributed by atoms with Crippen molar-refractivity contribution in [1.82, 2.24) is 15.0 Å². The predicted octanol–water partition coefficient (Wildman–Crippen LogP) is 1.82. The van der Waals surface area contributed by atoms with Crippen LogP contribution in [0.2, 0.25) is 0 Å². The van der Waals surface area contributed by atoms with Crippen LogP contribution in [0.4, 0.5) is 0 Å². The van der Waals surface area contributed by atoms with Crippen molar-refractivity contribution in [3.8, 4) is 0 Å². The lowest BCUT2D eigenvalue weighted by molar-refractivity contribution is 0.692. The van der Waals surface area contributed by atoms with E-state index in [1.165, 1.54) is 0 Å². The van der Waals surface area contributed by atoms with Gasteiger partial charge in [0.2, 0.25) is 0 Å². The SMILES string of the molecule is Cn1cc(CC(N)c2ccccc2Br)nn1. The van der Waals surface area contributed by atoms with E-state index < -0.39 is 0 Å². The van der Waals surface area contributed by atoms with Crippen molar-refractivity contribution in [1.29, 1.82) is 0 Å². The minimum atomic E-state index is -0.0627. The van der Waals surface area contributed by atoms with E-state index >= 15 is 0 Å². The molecule has 0 aliphatic carbocycles. The number of benzene rings is 1. The lowest BCUT2D eigenvalue weighted by Crippen LogP contribution is -2.14. The van der Waals surface area contributed by atoms with Crippen molar-refractivity contribution in [2.24, 2.45) is 12.8 Å². The number of nitrogens with zero attached hydrogens (tertiary/aromatic N) is 3. The van der Waals surface area contributed by atoms with Crippen molar-refractivity contribution in [2.75, 3.05) is 0 Å². The Labute approximate surface area is 103 Å². The molecule has 1 atom stereocenters. The zero-order valence-electron chi connectivity index (χ0n) is 8.97. The molecule has 1 aromatic carbocycles. The van der Waals surface area contributed by atoms with Crippen LogP contribution in [-0.2, 0) is 13.5 Å². The second-order valence-electron chi connectivity index (χ2n) is 3.72. The largest absolute Gasteiger partial charge is 0.324 e. The first-order valence-electron chi connectivity index (χ1n) is 5.02. The molecule has 5 heteroatoms. The van der Waals surface area contributed by atoms with Crippen molar-refractivity contribution in [2.45, 2.75) is 12.5 Å². The monoisotopic (exact) mass is 280 g/mol. The maximum Gasteiger partial charge on any atom is 0.0845 e. The maximum atomic E-state index is 6.13. The lowest BCUT2D eigenvalue weighted by Gasteiger charge is -2.11. The van der Waals surface area contributed by atoms with E-state index in [1.54, 1.807) is 4.68 Å². The van der Waals surface area contributed by atoms with Gasteiger partial charge in [-0.15, -0.1) is 5.10 Å². The van der Waals surface area contributed by atoms with Crippen LogP contribution in [0.25, 0.3) is 0 Å². The second-order valence-corrected chi connectivity index (χ2v) is 4.57. The average Bonchev–Trinajstić information content (AvgIpc) is 2.64. The molecule has 0 aliphatic heterocycles. The minimum Gasteiger partial charge on any atom is -0.324 e. The zero-order chi connectivity index (χ0) is 11.5. The third-order valence-electron chi connectivity index (χ3n) is 2.38. The van der Waals surface area contributed by atoms with E-state index in [2.05, 4.69) is 26.2 Å². The van der Waals surface area contributed by atoms with E-state index in [-0.39, 0.29) is 6.04 Å². The van der Waals surface area contributed by atoms with Crippen molar-refractivity contribution in [3.63, 3.8) is 0 Å². The highest BCUT2D eigenvalue weighted by Crippen LogP contribution is 2.23. The van der Waals surface area contributed by atoms with Crippen molar-refractivity contribution in [3.05, 3.63) is 46.2 Å². The van der Waals surface area contributed by atoms with Gasteiger partial charge in [0.1, 0.15) is 0 Å². The van der Waals surface area contributed by atoms with E-state index in [0.717, 1.165) is 15.7 Å². The first-order chi connectivity index (χ1) is 7.66. The Morgan fingerprint density at radius 2 is 2.19 bits per heavy atom. The fourth-order valence-corrected chi connectivity index (χ4v) is 2.18. The van der Waals surface area contributed by atoms with Gasteiger partial charge in [0.25, 0.3) is 0 Å². The maximum absolute atomic E-state index is 6.13. The Kier molecular flexibility index (Phi) is 3.36. The molecule has 0 spiro atoms. The molecular weight excluding hydrogens is 268 g/mol. The molecule has 0 bridgehead atoms. The Morgan fingerprint density at radius 1 is 1.44 bits per heavy atom. The Morgan fingerprint density at radius 3 is 2.81 bits per heavy atom. The molecule has 16 heavy (non-hydrogen) atoms. The zero-order valence-corrected chi connectivity index (χ0v) is 10.6. The third-order valence-corrected chi connectivity index (χ3v) is 3.11. The van der Waals surface area contributed by atoms with Gasteiger partial charge in [-0.2, -0.15) is 0 Å². The summed E-state index contributed by atoms with van der Waals surface area (Å²) < 4.78 is 2.72. The predicted molar refractivity (Wildman–Crippen MR) is 65.8 cm³/mol. The average molecular weight is 281 g/mol. The molecule has 0 fully saturated rings. The molecule has 2 aromatic rings. The molecular formula is C11H13BrN4. The molecule has 4 nitrogen and oxygen atoms in total. The highest BCUT2D eigenvalue weighted by atomic mass is 79.9. The summed E-state index contributed by atoms with van der Waals surface area (Å²) >= 11 is 3.49. The van der Waals surface area contributed by atoms with Crippen LogP contribution in [0.5, 0.6) is 0 Å². The summed E-state index contributed by atoms with van der Waals surface area (Å²) in [5.74, 6) is 0. The first-order valence-corrected chi connectivity index (χ1v) is 5.81. The number of rotatable bonds is 3. The molecule has 1 aromatic heterocycles. The van der Waals surface area contributed by atoms with Gasteiger partial charge < -0.3 is 5.73 Å². The molecule has 0 radical (unpaired) electrons. The van der Waals surface area contributed by atoms with Crippen LogP contribution in [0, 0.1) is 0 Å². The van der Waals surface area contributed by atoms with Crippen LogP contribution in [0.1, 0.15) is 17.3 Å². The Balaban J connectivity index is 2.14. The van der Waals surface area contributed by atoms with E-state index in [4.69, 9.17) is 5.73 Å². The van der Waals surface area contributed by atoms with Crippen LogP contribution in [0.15, 0.2) is 34.9 Å². The molecule has 1 unspecified atom stereocenters. The van der Waals surface area contributed by atoms with E-state index in [0.29, 0.717) is 6.42 Å². The third kappa shape index (κ3) is 2.48. The molecule has 0 aliphatic rings. The van der Waals surface area contributed by atoms with Crippen LogP contribution >= 0.6 is 15.9 Å². The second kappa shape index (κ2) is 4.76. The number of halogens is 1. The van der Waals surface area contributed by atoms with Gasteiger partial charge in [-0.25, -0.2) is 0 Å². The van der Waals surface area contributed by atoms with Gasteiger partial charge >= 0.3 is 0 Å².